The number of amides is 1. The van der Waals surface area contributed by atoms with Crippen LogP contribution in [0.2, 0.25) is 0 Å². The van der Waals surface area contributed by atoms with Crippen molar-refractivity contribution in [2.75, 3.05) is 13.2 Å². The number of hydrogen-bond acceptors (Lipinski definition) is 4. The molecule has 2 heterocycles. The number of hydrogen-bond donors (Lipinski definition) is 2. The zero-order valence-electron chi connectivity index (χ0n) is 13.7. The summed E-state index contributed by atoms with van der Waals surface area (Å²) in [6.07, 6.45) is 1.84. The zero-order chi connectivity index (χ0) is 16.9. The van der Waals surface area contributed by atoms with E-state index in [4.69, 9.17) is 4.74 Å². The van der Waals surface area contributed by atoms with Gasteiger partial charge in [0.25, 0.3) is 5.91 Å². The van der Waals surface area contributed by atoms with Crippen molar-refractivity contribution in [2.45, 2.75) is 25.4 Å². The van der Waals surface area contributed by atoms with E-state index >= 15 is 0 Å². The molecule has 5 nitrogen and oxygen atoms in total. The molecule has 1 aliphatic rings. The van der Waals surface area contributed by atoms with Gasteiger partial charge in [-0.25, -0.2) is 0 Å². The fourth-order valence-electron chi connectivity index (χ4n) is 3.01. The predicted octanol–water partition coefficient (Wildman–Crippen LogP) is 1.91. The van der Waals surface area contributed by atoms with Crippen molar-refractivity contribution in [3.8, 4) is 5.75 Å². The summed E-state index contributed by atoms with van der Waals surface area (Å²) in [5.74, 6) is 0.586. The van der Waals surface area contributed by atoms with E-state index in [0.717, 1.165) is 17.0 Å². The molecule has 3 rings (SSSR count). The summed E-state index contributed by atoms with van der Waals surface area (Å²) in [6.45, 7) is 2.39. The Labute approximate surface area is 141 Å². The Hall–Kier alpha value is -2.40. The number of nitrogens with zero attached hydrogens (tertiary/aromatic N) is 1. The summed E-state index contributed by atoms with van der Waals surface area (Å²) in [7, 11) is 0. The van der Waals surface area contributed by atoms with Crippen molar-refractivity contribution in [1.29, 1.82) is 0 Å². The first-order valence-electron chi connectivity index (χ1n) is 8.23. The van der Waals surface area contributed by atoms with Crippen LogP contribution in [0.1, 0.15) is 24.1 Å². The summed E-state index contributed by atoms with van der Waals surface area (Å²) in [4.78, 5) is 16.7. The van der Waals surface area contributed by atoms with Gasteiger partial charge >= 0.3 is 0 Å². The highest BCUT2D eigenvalue weighted by Gasteiger charge is 2.36. The number of fused-ring (bicyclic) bond motifs is 1. The average molecular weight is 326 g/mol. The number of ether oxygens (including phenoxy) is 1. The van der Waals surface area contributed by atoms with Crippen molar-refractivity contribution in [2.24, 2.45) is 5.92 Å². The van der Waals surface area contributed by atoms with Gasteiger partial charge in [-0.2, -0.15) is 0 Å². The Bertz CT molecular complexity index is 690. The summed E-state index contributed by atoms with van der Waals surface area (Å²) in [5.41, 5.74) is 1.97. The number of rotatable bonds is 6. The van der Waals surface area contributed by atoms with Gasteiger partial charge in [0.05, 0.1) is 0 Å². The van der Waals surface area contributed by atoms with E-state index in [1.54, 1.807) is 6.20 Å². The van der Waals surface area contributed by atoms with Crippen molar-refractivity contribution < 1.29 is 14.6 Å². The van der Waals surface area contributed by atoms with E-state index in [-0.39, 0.29) is 24.3 Å². The van der Waals surface area contributed by atoms with Crippen LogP contribution in [0.25, 0.3) is 0 Å². The van der Waals surface area contributed by atoms with E-state index in [9.17, 15) is 9.90 Å². The third-order valence-electron chi connectivity index (χ3n) is 4.42. The third kappa shape index (κ3) is 3.57. The number of carbonyl (C=O) groups excluding carboxylic acids is 1. The predicted molar refractivity (Wildman–Crippen MR) is 90.8 cm³/mol. The number of aliphatic hydroxyl groups is 1. The van der Waals surface area contributed by atoms with Crippen LogP contribution in [0, 0.1) is 5.92 Å². The molecule has 0 saturated carbocycles. The molecule has 0 saturated heterocycles. The normalized spacial score (nSPS) is 20.1. The van der Waals surface area contributed by atoms with Gasteiger partial charge in [0.1, 0.15) is 5.75 Å². The molecule has 0 bridgehead atoms. The third-order valence-corrected chi connectivity index (χ3v) is 4.42. The van der Waals surface area contributed by atoms with Gasteiger partial charge in [0.2, 0.25) is 0 Å². The lowest BCUT2D eigenvalue weighted by Gasteiger charge is -2.18. The van der Waals surface area contributed by atoms with Gasteiger partial charge in [0.15, 0.2) is 6.10 Å². The van der Waals surface area contributed by atoms with Crippen LogP contribution in [0.3, 0.4) is 0 Å². The van der Waals surface area contributed by atoms with E-state index in [0.29, 0.717) is 13.0 Å². The molecule has 1 aliphatic heterocycles. The van der Waals surface area contributed by atoms with Crippen molar-refractivity contribution in [1.82, 2.24) is 10.3 Å². The van der Waals surface area contributed by atoms with Gasteiger partial charge in [-0.05, 0) is 24.6 Å². The molecule has 0 aliphatic carbocycles. The molecule has 3 atom stereocenters. The molecule has 2 N–H and O–H groups in total. The first-order chi connectivity index (χ1) is 11.7. The van der Waals surface area contributed by atoms with Crippen LogP contribution in [0.4, 0.5) is 0 Å². The first-order valence-corrected chi connectivity index (χ1v) is 8.23. The second-order valence-electron chi connectivity index (χ2n) is 6.18. The van der Waals surface area contributed by atoms with E-state index < -0.39 is 6.10 Å². The smallest absolute Gasteiger partial charge is 0.261 e. The standard InChI is InChI=1S/C19H22N2O3/c1-13-16-7-2-3-8-17(16)24-18(13)19(23)21-11-14(12-22)10-15-6-4-5-9-20-15/h2-9,13-14,18,22H,10-12H2,1H3,(H,21,23). The molecule has 0 radical (unpaired) electrons. The largest absolute Gasteiger partial charge is 0.480 e. The number of para-hydroxylation sites is 1. The van der Waals surface area contributed by atoms with E-state index in [1.165, 1.54) is 0 Å². The maximum absolute atomic E-state index is 12.5. The van der Waals surface area contributed by atoms with Gasteiger partial charge in [0, 0.05) is 42.4 Å². The number of pyridine rings is 1. The van der Waals surface area contributed by atoms with Crippen molar-refractivity contribution in [3.63, 3.8) is 0 Å². The summed E-state index contributed by atoms with van der Waals surface area (Å²) >= 11 is 0. The number of aromatic nitrogens is 1. The van der Waals surface area contributed by atoms with Crippen LogP contribution in [0.15, 0.2) is 48.7 Å². The SMILES string of the molecule is CC1c2ccccc2OC1C(=O)NCC(CO)Cc1ccccn1. The summed E-state index contributed by atoms with van der Waals surface area (Å²) in [6, 6.07) is 13.4. The summed E-state index contributed by atoms with van der Waals surface area (Å²) < 4.78 is 5.78. The highest BCUT2D eigenvalue weighted by Crippen LogP contribution is 2.37. The van der Waals surface area contributed by atoms with Gasteiger partial charge in [-0.3, -0.25) is 9.78 Å². The maximum atomic E-state index is 12.5. The number of carbonyl (C=O) groups is 1. The second kappa shape index (κ2) is 7.45. The molecule has 2 aromatic rings. The minimum atomic E-state index is -0.517. The molecule has 1 aromatic heterocycles. The fourth-order valence-corrected chi connectivity index (χ4v) is 3.01. The quantitative estimate of drug-likeness (QED) is 0.851. The first kappa shape index (κ1) is 16.5. The van der Waals surface area contributed by atoms with Crippen LogP contribution >= 0.6 is 0 Å². The van der Waals surface area contributed by atoms with Crippen LogP contribution in [-0.4, -0.2) is 35.3 Å². The lowest BCUT2D eigenvalue weighted by molar-refractivity contribution is -0.128. The Kier molecular flexibility index (Phi) is 5.11. The average Bonchev–Trinajstić information content (AvgIpc) is 2.96. The van der Waals surface area contributed by atoms with Gasteiger partial charge in [-0.15, -0.1) is 0 Å². The molecule has 0 spiro atoms. The van der Waals surface area contributed by atoms with Crippen molar-refractivity contribution >= 4 is 5.91 Å². The molecule has 1 amide bonds. The minimum Gasteiger partial charge on any atom is -0.480 e. The maximum Gasteiger partial charge on any atom is 0.261 e. The van der Waals surface area contributed by atoms with Crippen molar-refractivity contribution in [3.05, 3.63) is 59.9 Å². The Morgan fingerprint density at radius 3 is 2.79 bits per heavy atom. The number of aliphatic hydroxyl groups excluding tert-OH is 1. The van der Waals surface area contributed by atoms with Gasteiger partial charge in [-0.1, -0.05) is 31.2 Å². The molecule has 126 valence electrons. The van der Waals surface area contributed by atoms with Gasteiger partial charge < -0.3 is 15.2 Å². The molecule has 3 unspecified atom stereocenters. The second-order valence-corrected chi connectivity index (χ2v) is 6.18. The monoisotopic (exact) mass is 326 g/mol. The van der Waals surface area contributed by atoms with E-state index in [2.05, 4.69) is 10.3 Å². The van der Waals surface area contributed by atoms with E-state index in [1.807, 2.05) is 49.4 Å². The Morgan fingerprint density at radius 1 is 1.29 bits per heavy atom. The molecular formula is C19H22N2O3. The molecule has 5 heteroatoms. The highest BCUT2D eigenvalue weighted by molar-refractivity contribution is 5.83. The molecular weight excluding hydrogens is 304 g/mol. The highest BCUT2D eigenvalue weighted by atomic mass is 16.5. The van der Waals surface area contributed by atoms with Crippen LogP contribution in [0.5, 0.6) is 5.75 Å². The molecule has 24 heavy (non-hydrogen) atoms. The summed E-state index contributed by atoms with van der Waals surface area (Å²) in [5, 5.41) is 12.5. The molecule has 0 fully saturated rings. The lowest BCUT2D eigenvalue weighted by atomic mass is 9.97. The molecule has 1 aromatic carbocycles. The number of benzene rings is 1. The van der Waals surface area contributed by atoms with Crippen LogP contribution < -0.4 is 10.1 Å². The Morgan fingerprint density at radius 2 is 2.08 bits per heavy atom. The zero-order valence-corrected chi connectivity index (χ0v) is 13.7. The fraction of sp³-hybridized carbons (Fsp3) is 0.368. The number of nitrogens with one attached hydrogen (secondary N) is 1. The Balaban J connectivity index is 1.55. The van der Waals surface area contributed by atoms with Crippen LogP contribution in [-0.2, 0) is 11.2 Å². The lowest BCUT2D eigenvalue weighted by Crippen LogP contribution is -2.41. The topological polar surface area (TPSA) is 71.5 Å². The minimum absolute atomic E-state index is 0.00183.